The van der Waals surface area contributed by atoms with Gasteiger partial charge in [-0.15, -0.1) is 0 Å². The average Bonchev–Trinajstić information content (AvgIpc) is 3.57. The minimum atomic E-state index is -2.10. The van der Waals surface area contributed by atoms with Crippen molar-refractivity contribution in [2.45, 2.75) is 91.7 Å². The number of ether oxygens (including phenoxy) is 4. The highest BCUT2D eigenvalue weighted by Crippen LogP contribution is 2.55. The van der Waals surface area contributed by atoms with Gasteiger partial charge in [-0.3, -0.25) is 14.4 Å². The second-order valence-electron chi connectivity index (χ2n) is 17.2. The standard InChI is InChI=1S/C51H58N2O13/c1-26-17-16-18-27(2)50(61)53-40-35(25-52-66-48(33-19-12-10-13-20-33)34-21-14-11-15-22-34)44(58)37-38(45(40)59)43(57)31(6)47-39(37)49(60)51(8,65-47)63-24-23-36(62-9)28(3)46(64-32(7)54)30(5)42(56)29(4)41(26)55/h10-26,28-30,36,41-42,46,48,55-59H,1-9H3,(H,53,61)/b17-16-,24-23?,27-18-,52-25+/t26-,28+,29+,30+,36-,41-,42+,46+,51-/m0/s1. The first-order valence-corrected chi connectivity index (χ1v) is 21.7. The molecule has 0 fully saturated rings. The summed E-state index contributed by atoms with van der Waals surface area (Å²) in [6.45, 7) is 12.4. The normalized spacial score (nSPS) is 27.6. The number of hydrogen-bond acceptors (Lipinski definition) is 14. The van der Waals surface area contributed by atoms with Crippen LogP contribution >= 0.6 is 0 Å². The van der Waals surface area contributed by atoms with Gasteiger partial charge in [-0.05, 0) is 31.1 Å². The fraction of sp³-hybridized carbons (Fsp3) is 0.373. The van der Waals surface area contributed by atoms with Crippen LogP contribution in [0, 0.1) is 30.6 Å². The SMILES string of the molecule is CO[C@H]1C=CO[C@@]2(C)Oc3c(C)c(O)c4c(O)c(c(/C=N/OC(c5ccccc5)c5ccccc5)c(O)c4c3C2=O)NC(=O)/C(C)=C\C=C/[C@H](C)[C@H](O)[C@@H](C)[C@@H](O)[C@@H](C)[C@H](OC(C)=O)[C@@H]1C. The number of carbonyl (C=O) groups excluding carboxylic acids is 3. The molecule has 4 aromatic rings. The molecule has 0 spiro atoms. The second kappa shape index (κ2) is 20.2. The molecule has 15 heteroatoms. The van der Waals surface area contributed by atoms with E-state index in [1.54, 1.807) is 39.8 Å². The van der Waals surface area contributed by atoms with Gasteiger partial charge >= 0.3 is 11.8 Å². The van der Waals surface area contributed by atoms with Crippen molar-refractivity contribution >= 4 is 40.3 Å². The van der Waals surface area contributed by atoms with E-state index in [0.717, 1.165) is 17.3 Å². The molecule has 3 aliphatic rings. The van der Waals surface area contributed by atoms with E-state index in [1.807, 2.05) is 60.7 Å². The number of phenols is 3. The van der Waals surface area contributed by atoms with Gasteiger partial charge in [0.05, 0.1) is 53.0 Å². The Bertz CT molecular complexity index is 2530. The van der Waals surface area contributed by atoms with Crippen molar-refractivity contribution in [3.8, 4) is 23.0 Å². The summed E-state index contributed by atoms with van der Waals surface area (Å²) in [5.74, 6) is -8.88. The molecule has 1 amide bonds. The molecule has 3 heterocycles. The largest absolute Gasteiger partial charge is 0.507 e. The van der Waals surface area contributed by atoms with Crippen molar-refractivity contribution < 1.29 is 63.7 Å². The Morgan fingerprint density at radius 1 is 0.848 bits per heavy atom. The van der Waals surface area contributed by atoms with E-state index in [-0.39, 0.29) is 44.5 Å². The Morgan fingerprint density at radius 2 is 1.47 bits per heavy atom. The van der Waals surface area contributed by atoms with E-state index in [1.165, 1.54) is 53.2 Å². The Hall–Kier alpha value is -6.68. The van der Waals surface area contributed by atoms with Gasteiger partial charge in [0.1, 0.15) is 23.4 Å². The zero-order valence-electron chi connectivity index (χ0n) is 38.4. The molecule has 0 aromatic heterocycles. The summed E-state index contributed by atoms with van der Waals surface area (Å²) in [6, 6.07) is 18.5. The van der Waals surface area contributed by atoms with E-state index < -0.39 is 94.9 Å². The van der Waals surface area contributed by atoms with Gasteiger partial charge in [-0.1, -0.05) is 112 Å². The van der Waals surface area contributed by atoms with Crippen LogP contribution in [0.5, 0.6) is 23.0 Å². The third kappa shape index (κ3) is 9.64. The summed E-state index contributed by atoms with van der Waals surface area (Å²) in [5, 5.41) is 65.3. The number of hydrogen-bond donors (Lipinski definition) is 6. The van der Waals surface area contributed by atoms with Gasteiger partial charge in [0.2, 0.25) is 0 Å². The first kappa shape index (κ1) is 48.8. The predicted molar refractivity (Wildman–Crippen MR) is 247 cm³/mol. The fourth-order valence-electron chi connectivity index (χ4n) is 8.59. The number of carbonyl (C=O) groups is 3. The molecular formula is C51H58N2O13. The number of nitrogens with one attached hydrogen (secondary N) is 1. The summed E-state index contributed by atoms with van der Waals surface area (Å²) in [7, 11) is 1.43. The lowest BCUT2D eigenvalue weighted by Gasteiger charge is -2.38. The number of allylic oxidation sites excluding steroid dienone is 2. The molecule has 0 radical (unpaired) electrons. The molecule has 350 valence electrons. The molecule has 9 atom stereocenters. The minimum absolute atomic E-state index is 0.0184. The number of ketones is 1. The molecule has 0 unspecified atom stereocenters. The summed E-state index contributed by atoms with van der Waals surface area (Å²) in [5.41, 5.74) is 0.756. The summed E-state index contributed by atoms with van der Waals surface area (Å²) in [6.07, 6.45) is 3.74. The monoisotopic (exact) mass is 906 g/mol. The van der Waals surface area contributed by atoms with E-state index in [4.69, 9.17) is 23.8 Å². The number of aliphatic hydroxyl groups excluding tert-OH is 2. The van der Waals surface area contributed by atoms with Crippen LogP contribution in [-0.4, -0.2) is 86.7 Å². The first-order chi connectivity index (χ1) is 31.3. The van der Waals surface area contributed by atoms with Crippen molar-refractivity contribution in [3.63, 3.8) is 0 Å². The number of oxime groups is 1. The Kier molecular flexibility index (Phi) is 14.9. The maximum Gasteiger partial charge on any atom is 0.312 e. The summed E-state index contributed by atoms with van der Waals surface area (Å²) >= 11 is 0. The van der Waals surface area contributed by atoms with Crippen LogP contribution in [0.15, 0.2) is 102 Å². The number of amides is 1. The van der Waals surface area contributed by atoms with E-state index in [9.17, 15) is 39.9 Å². The van der Waals surface area contributed by atoms with Gasteiger partial charge in [-0.25, -0.2) is 0 Å². The van der Waals surface area contributed by atoms with Crippen molar-refractivity contribution in [1.82, 2.24) is 0 Å². The smallest absolute Gasteiger partial charge is 0.312 e. The molecule has 3 aliphatic heterocycles. The highest BCUT2D eigenvalue weighted by atomic mass is 16.7. The number of phenolic OH excluding ortho intramolecular Hbond substituents is 3. The van der Waals surface area contributed by atoms with Gasteiger partial charge in [0.25, 0.3) is 11.7 Å². The summed E-state index contributed by atoms with van der Waals surface area (Å²) in [4.78, 5) is 47.0. The van der Waals surface area contributed by atoms with Gasteiger partial charge in [-0.2, -0.15) is 0 Å². The molecule has 0 saturated heterocycles. The Morgan fingerprint density at radius 3 is 2.06 bits per heavy atom. The maximum atomic E-state index is 14.6. The number of Topliss-reactive ketones (excluding diaryl/α,β-unsaturated/α-hetero) is 1. The predicted octanol–water partition coefficient (Wildman–Crippen LogP) is 7.89. The number of fused-ring (bicyclic) bond motifs is 14. The van der Waals surface area contributed by atoms with Crippen LogP contribution < -0.4 is 10.1 Å². The van der Waals surface area contributed by atoms with E-state index in [2.05, 4.69) is 10.5 Å². The fourth-order valence-corrected chi connectivity index (χ4v) is 8.59. The highest BCUT2D eigenvalue weighted by molar-refractivity contribution is 6.23. The van der Waals surface area contributed by atoms with Crippen molar-refractivity contribution in [2.75, 3.05) is 12.4 Å². The molecule has 4 aromatic carbocycles. The lowest BCUT2D eigenvalue weighted by atomic mass is 9.78. The number of nitrogens with zero attached hydrogens (tertiary/aromatic N) is 1. The topological polar surface area (TPSA) is 223 Å². The molecular weight excluding hydrogens is 849 g/mol. The number of methoxy groups -OCH3 is 1. The average molecular weight is 907 g/mol. The van der Waals surface area contributed by atoms with Crippen molar-refractivity contribution in [3.05, 3.63) is 125 Å². The van der Waals surface area contributed by atoms with Crippen molar-refractivity contribution in [1.29, 1.82) is 0 Å². The van der Waals surface area contributed by atoms with Gasteiger partial charge < -0.3 is 54.6 Å². The summed E-state index contributed by atoms with van der Waals surface area (Å²) < 4.78 is 23.7. The quantitative estimate of drug-likeness (QED) is 0.0342. The van der Waals surface area contributed by atoms with Crippen LogP contribution in [0.25, 0.3) is 10.8 Å². The van der Waals surface area contributed by atoms with Crippen LogP contribution in [0.2, 0.25) is 0 Å². The Balaban J connectivity index is 1.53. The van der Waals surface area contributed by atoms with Gasteiger partial charge in [0.15, 0.2) is 11.9 Å². The van der Waals surface area contributed by atoms with Crippen LogP contribution in [0.3, 0.4) is 0 Å². The molecule has 66 heavy (non-hydrogen) atoms. The lowest BCUT2D eigenvalue weighted by molar-refractivity contribution is -0.160. The van der Waals surface area contributed by atoms with Crippen molar-refractivity contribution in [2.24, 2.45) is 28.8 Å². The number of aromatic hydroxyl groups is 3. The molecule has 0 saturated carbocycles. The highest BCUT2D eigenvalue weighted by Gasteiger charge is 2.50. The maximum absolute atomic E-state index is 14.6. The number of rotatable bonds is 7. The molecule has 6 N–H and O–H groups in total. The third-order valence-corrected chi connectivity index (χ3v) is 12.6. The van der Waals surface area contributed by atoms with Crippen LogP contribution in [0.1, 0.15) is 87.2 Å². The van der Waals surface area contributed by atoms with E-state index >= 15 is 0 Å². The van der Waals surface area contributed by atoms with Gasteiger partial charge in [0, 0.05) is 61.2 Å². The molecule has 0 aliphatic carbocycles. The molecule has 15 nitrogen and oxygen atoms in total. The minimum Gasteiger partial charge on any atom is -0.507 e. The van der Waals surface area contributed by atoms with E-state index in [0.29, 0.717) is 0 Å². The zero-order valence-corrected chi connectivity index (χ0v) is 38.4. The van der Waals surface area contributed by atoms with Crippen LogP contribution in [0.4, 0.5) is 5.69 Å². The number of benzene rings is 4. The number of esters is 1. The number of anilines is 1. The zero-order chi connectivity index (χ0) is 48.2. The Labute approximate surface area is 383 Å². The lowest BCUT2D eigenvalue weighted by Crippen LogP contribution is -2.46. The molecule has 7 rings (SSSR count). The third-order valence-electron chi connectivity index (χ3n) is 12.6. The second-order valence-corrected chi connectivity index (χ2v) is 17.2. The molecule has 5 bridgehead atoms. The number of aliphatic hydroxyl groups is 2. The first-order valence-electron chi connectivity index (χ1n) is 21.7. The van der Waals surface area contributed by atoms with Crippen LogP contribution in [-0.2, 0) is 28.6 Å².